The fraction of sp³-hybridized carbons (Fsp3) is 0.900. The summed E-state index contributed by atoms with van der Waals surface area (Å²) in [4.78, 5) is 26.5. The predicted octanol–water partition coefficient (Wildman–Crippen LogP) is 3.31. The molecule has 1 amide bonds. The molecule has 1 saturated heterocycles. The highest BCUT2D eigenvalue weighted by molar-refractivity contribution is 5.81. The van der Waals surface area contributed by atoms with Gasteiger partial charge in [0.15, 0.2) is 6.61 Å². The number of carbonyl (C=O) groups excluding carboxylic acids is 2. The van der Waals surface area contributed by atoms with Gasteiger partial charge >= 0.3 is 5.97 Å². The van der Waals surface area contributed by atoms with Gasteiger partial charge in [-0.25, -0.2) is 4.79 Å². The van der Waals surface area contributed by atoms with Gasteiger partial charge in [-0.3, -0.25) is 4.79 Å². The highest BCUT2D eigenvalue weighted by Crippen LogP contribution is 2.38. The van der Waals surface area contributed by atoms with E-state index in [0.717, 1.165) is 32.2 Å². The topological polar surface area (TPSA) is 55.8 Å². The van der Waals surface area contributed by atoms with Gasteiger partial charge in [0.2, 0.25) is 0 Å². The molecule has 1 heterocycles. The Morgan fingerprint density at radius 2 is 1.64 bits per heavy atom. The molecule has 2 aliphatic carbocycles. The SMILES string of the molecule is C[C@@H]1CCN(C(=O)COC(=O)COC2CCCCC2)[C@@H]2CCCC[C@H]12. The molecule has 1 aliphatic heterocycles. The van der Waals surface area contributed by atoms with Crippen LogP contribution in [-0.4, -0.2) is 48.7 Å². The van der Waals surface area contributed by atoms with Crippen molar-refractivity contribution in [3.8, 4) is 0 Å². The number of rotatable bonds is 5. The standard InChI is InChI=1S/C20H33NO4/c1-15-11-12-21(18-10-6-5-9-17(15)18)19(22)13-25-20(23)14-24-16-7-3-2-4-8-16/h15-18H,2-14H2,1H3/t15-,17-,18-/m1/s1. The number of ether oxygens (including phenoxy) is 2. The molecule has 0 bridgehead atoms. The molecule has 3 atom stereocenters. The van der Waals surface area contributed by atoms with Crippen LogP contribution in [0.15, 0.2) is 0 Å². The van der Waals surface area contributed by atoms with Crippen molar-refractivity contribution >= 4 is 11.9 Å². The second-order valence-corrected chi connectivity index (χ2v) is 8.10. The van der Waals surface area contributed by atoms with E-state index < -0.39 is 5.97 Å². The Hall–Kier alpha value is -1.10. The fourth-order valence-electron chi connectivity index (χ4n) is 4.91. The van der Waals surface area contributed by atoms with E-state index in [1.807, 2.05) is 4.90 Å². The van der Waals surface area contributed by atoms with E-state index in [2.05, 4.69) is 6.92 Å². The molecule has 5 nitrogen and oxygen atoms in total. The number of esters is 1. The van der Waals surface area contributed by atoms with Crippen LogP contribution in [0.1, 0.15) is 71.1 Å². The van der Waals surface area contributed by atoms with E-state index in [1.54, 1.807) is 0 Å². The maximum Gasteiger partial charge on any atom is 0.332 e. The number of nitrogens with zero attached hydrogens (tertiary/aromatic N) is 1. The Kier molecular flexibility index (Phi) is 6.74. The lowest BCUT2D eigenvalue weighted by atomic mass is 9.72. The summed E-state index contributed by atoms with van der Waals surface area (Å²) in [7, 11) is 0. The third-order valence-corrected chi connectivity index (χ3v) is 6.40. The number of hydrogen-bond acceptors (Lipinski definition) is 4. The van der Waals surface area contributed by atoms with Crippen LogP contribution in [-0.2, 0) is 19.1 Å². The van der Waals surface area contributed by atoms with Crippen LogP contribution in [0, 0.1) is 11.8 Å². The second-order valence-electron chi connectivity index (χ2n) is 8.10. The number of hydrogen-bond donors (Lipinski definition) is 0. The number of amides is 1. The van der Waals surface area contributed by atoms with E-state index >= 15 is 0 Å². The summed E-state index contributed by atoms with van der Waals surface area (Å²) in [5, 5.41) is 0. The van der Waals surface area contributed by atoms with Crippen LogP contribution in [0.4, 0.5) is 0 Å². The Morgan fingerprint density at radius 3 is 2.44 bits per heavy atom. The first-order chi connectivity index (χ1) is 12.1. The molecule has 0 spiro atoms. The summed E-state index contributed by atoms with van der Waals surface area (Å²) in [5.74, 6) is 0.872. The van der Waals surface area contributed by atoms with Crippen molar-refractivity contribution in [2.75, 3.05) is 19.8 Å². The first-order valence-corrected chi connectivity index (χ1v) is 10.2. The molecule has 3 rings (SSSR count). The van der Waals surface area contributed by atoms with E-state index in [0.29, 0.717) is 17.9 Å². The monoisotopic (exact) mass is 351 g/mol. The molecule has 0 N–H and O–H groups in total. The summed E-state index contributed by atoms with van der Waals surface area (Å²) in [6.45, 7) is 2.95. The molecule has 3 fully saturated rings. The lowest BCUT2D eigenvalue weighted by molar-refractivity contribution is -0.160. The van der Waals surface area contributed by atoms with Gasteiger partial charge in [-0.15, -0.1) is 0 Å². The Balaban J connectivity index is 1.41. The minimum Gasteiger partial charge on any atom is -0.454 e. The summed E-state index contributed by atoms with van der Waals surface area (Å²) in [5.41, 5.74) is 0. The van der Waals surface area contributed by atoms with E-state index in [4.69, 9.17) is 9.47 Å². The van der Waals surface area contributed by atoms with Gasteiger partial charge in [0.25, 0.3) is 5.91 Å². The molecule has 142 valence electrons. The lowest BCUT2D eigenvalue weighted by Crippen LogP contribution is -2.53. The molecule has 0 aromatic heterocycles. The van der Waals surface area contributed by atoms with Gasteiger partial charge < -0.3 is 14.4 Å². The zero-order valence-corrected chi connectivity index (χ0v) is 15.6. The maximum absolute atomic E-state index is 12.6. The van der Waals surface area contributed by atoms with Crippen LogP contribution in [0.2, 0.25) is 0 Å². The van der Waals surface area contributed by atoms with E-state index in [1.165, 1.54) is 38.5 Å². The lowest BCUT2D eigenvalue weighted by Gasteiger charge is -2.47. The van der Waals surface area contributed by atoms with E-state index in [9.17, 15) is 9.59 Å². The first-order valence-electron chi connectivity index (χ1n) is 10.2. The maximum atomic E-state index is 12.6. The highest BCUT2D eigenvalue weighted by atomic mass is 16.6. The number of likely N-dealkylation sites (tertiary alicyclic amines) is 1. The number of fused-ring (bicyclic) bond motifs is 1. The third-order valence-electron chi connectivity index (χ3n) is 6.40. The second kappa shape index (κ2) is 9.02. The van der Waals surface area contributed by atoms with Crippen LogP contribution >= 0.6 is 0 Å². The van der Waals surface area contributed by atoms with Gasteiger partial charge in [0.1, 0.15) is 6.61 Å². The molecule has 0 aromatic carbocycles. The minimum absolute atomic E-state index is 0.0268. The van der Waals surface area contributed by atoms with Gasteiger partial charge in [-0.2, -0.15) is 0 Å². The molecule has 0 radical (unpaired) electrons. The molecular weight excluding hydrogens is 318 g/mol. The van der Waals surface area contributed by atoms with Gasteiger partial charge in [-0.05, 0) is 43.9 Å². The molecule has 5 heteroatoms. The average molecular weight is 351 g/mol. The minimum atomic E-state index is -0.413. The van der Waals surface area contributed by atoms with Crippen LogP contribution in [0.5, 0.6) is 0 Å². The van der Waals surface area contributed by atoms with Crippen molar-refractivity contribution in [3.05, 3.63) is 0 Å². The summed E-state index contributed by atoms with van der Waals surface area (Å²) < 4.78 is 10.8. The van der Waals surface area contributed by atoms with Crippen molar-refractivity contribution in [1.82, 2.24) is 4.90 Å². The molecule has 25 heavy (non-hydrogen) atoms. The van der Waals surface area contributed by atoms with Crippen molar-refractivity contribution in [3.63, 3.8) is 0 Å². The Labute approximate surface area is 151 Å². The normalized spacial score (nSPS) is 30.6. The largest absolute Gasteiger partial charge is 0.454 e. The number of piperidine rings is 1. The average Bonchev–Trinajstić information content (AvgIpc) is 2.66. The molecule has 0 aromatic rings. The Morgan fingerprint density at radius 1 is 0.920 bits per heavy atom. The van der Waals surface area contributed by atoms with Crippen LogP contribution in [0.25, 0.3) is 0 Å². The van der Waals surface area contributed by atoms with Crippen molar-refractivity contribution in [1.29, 1.82) is 0 Å². The molecule has 3 aliphatic rings. The fourth-order valence-corrected chi connectivity index (χ4v) is 4.91. The first kappa shape index (κ1) is 18.7. The predicted molar refractivity (Wildman–Crippen MR) is 95.0 cm³/mol. The van der Waals surface area contributed by atoms with Crippen molar-refractivity contribution in [2.45, 2.75) is 83.3 Å². The smallest absolute Gasteiger partial charge is 0.332 e. The zero-order chi connectivity index (χ0) is 17.6. The van der Waals surface area contributed by atoms with Gasteiger partial charge in [0, 0.05) is 12.6 Å². The van der Waals surface area contributed by atoms with Gasteiger partial charge in [0.05, 0.1) is 6.10 Å². The molecular formula is C20H33NO4. The van der Waals surface area contributed by atoms with Gasteiger partial charge in [-0.1, -0.05) is 39.0 Å². The highest BCUT2D eigenvalue weighted by Gasteiger charge is 2.39. The summed E-state index contributed by atoms with van der Waals surface area (Å²) >= 11 is 0. The summed E-state index contributed by atoms with van der Waals surface area (Å²) in [6, 6.07) is 0.349. The van der Waals surface area contributed by atoms with Crippen molar-refractivity contribution in [2.24, 2.45) is 11.8 Å². The van der Waals surface area contributed by atoms with Crippen LogP contribution in [0.3, 0.4) is 0 Å². The van der Waals surface area contributed by atoms with Crippen LogP contribution < -0.4 is 0 Å². The third kappa shape index (κ3) is 4.96. The Bertz CT molecular complexity index is 461. The van der Waals surface area contributed by atoms with Crippen molar-refractivity contribution < 1.29 is 19.1 Å². The zero-order valence-electron chi connectivity index (χ0n) is 15.6. The van der Waals surface area contributed by atoms with E-state index in [-0.39, 0.29) is 25.2 Å². The molecule has 0 unspecified atom stereocenters. The summed E-state index contributed by atoms with van der Waals surface area (Å²) in [6.07, 6.45) is 11.7. The molecule has 2 saturated carbocycles. The number of carbonyl (C=O) groups is 2. The quantitative estimate of drug-likeness (QED) is 0.713.